The molecule has 4 nitrogen and oxygen atoms in total. The number of ether oxygens (including phenoxy) is 1. The lowest BCUT2D eigenvalue weighted by Gasteiger charge is -2.07. The van der Waals surface area contributed by atoms with Crippen molar-refractivity contribution < 1.29 is 4.74 Å². The van der Waals surface area contributed by atoms with Crippen molar-refractivity contribution in [3.8, 4) is 6.07 Å². The molecule has 0 atom stereocenters. The van der Waals surface area contributed by atoms with E-state index in [1.165, 1.54) is 5.56 Å². The normalized spacial score (nSPS) is 9.95. The Morgan fingerprint density at radius 2 is 1.90 bits per heavy atom. The third-order valence-corrected chi connectivity index (χ3v) is 2.79. The lowest BCUT2D eigenvalue weighted by molar-refractivity contribution is 0.147. The first-order chi connectivity index (χ1) is 9.88. The van der Waals surface area contributed by atoms with Gasteiger partial charge in [-0.2, -0.15) is 5.26 Å². The molecule has 0 aliphatic heterocycles. The molecule has 4 heteroatoms. The van der Waals surface area contributed by atoms with Gasteiger partial charge in [0.25, 0.3) is 0 Å². The van der Waals surface area contributed by atoms with Gasteiger partial charge in [0.2, 0.25) is 0 Å². The number of hydrogen-bond acceptors (Lipinski definition) is 4. The Morgan fingerprint density at radius 3 is 2.70 bits per heavy atom. The first-order valence-corrected chi connectivity index (χ1v) is 6.61. The predicted octanol–water partition coefficient (Wildman–Crippen LogP) is 2.62. The van der Waals surface area contributed by atoms with Gasteiger partial charge in [0.05, 0.1) is 13.2 Å². The average Bonchev–Trinajstić information content (AvgIpc) is 2.52. The van der Waals surface area contributed by atoms with E-state index in [4.69, 9.17) is 10.00 Å². The molecular formula is C16H17N3O. The Balaban J connectivity index is 1.61. The molecule has 2 aromatic rings. The second kappa shape index (κ2) is 7.93. The van der Waals surface area contributed by atoms with Crippen molar-refractivity contribution in [2.75, 3.05) is 25.1 Å². The summed E-state index contributed by atoms with van der Waals surface area (Å²) < 4.78 is 5.56. The van der Waals surface area contributed by atoms with Crippen LogP contribution in [0.1, 0.15) is 11.3 Å². The summed E-state index contributed by atoms with van der Waals surface area (Å²) in [4.78, 5) is 4.13. The van der Waals surface area contributed by atoms with Crippen molar-refractivity contribution in [3.63, 3.8) is 0 Å². The maximum Gasteiger partial charge on any atom is 0.142 e. The number of nitrogens with one attached hydrogen (secondary N) is 1. The highest BCUT2D eigenvalue weighted by molar-refractivity contribution is 5.38. The number of rotatable bonds is 7. The molecule has 0 unspecified atom stereocenters. The van der Waals surface area contributed by atoms with Crippen LogP contribution in [0.3, 0.4) is 0 Å². The summed E-state index contributed by atoms with van der Waals surface area (Å²) in [6, 6.07) is 17.6. The van der Waals surface area contributed by atoms with E-state index in [1.54, 1.807) is 6.07 Å². The van der Waals surface area contributed by atoms with E-state index in [1.807, 2.05) is 36.4 Å². The van der Waals surface area contributed by atoms with Crippen molar-refractivity contribution in [2.45, 2.75) is 6.42 Å². The van der Waals surface area contributed by atoms with Gasteiger partial charge in [-0.25, -0.2) is 4.98 Å². The molecule has 1 aromatic heterocycles. The van der Waals surface area contributed by atoms with E-state index in [-0.39, 0.29) is 0 Å². The van der Waals surface area contributed by atoms with Crippen LogP contribution in [0, 0.1) is 11.3 Å². The van der Waals surface area contributed by atoms with E-state index in [2.05, 4.69) is 22.4 Å². The molecule has 0 radical (unpaired) electrons. The molecule has 102 valence electrons. The maximum atomic E-state index is 8.75. The first-order valence-electron chi connectivity index (χ1n) is 6.61. The van der Waals surface area contributed by atoms with Crippen LogP contribution in [0.5, 0.6) is 0 Å². The topological polar surface area (TPSA) is 57.9 Å². The number of hydrogen-bond donors (Lipinski definition) is 1. The summed E-state index contributed by atoms with van der Waals surface area (Å²) >= 11 is 0. The molecule has 1 N–H and O–H groups in total. The Kier molecular flexibility index (Phi) is 5.56. The third-order valence-electron chi connectivity index (χ3n) is 2.79. The highest BCUT2D eigenvalue weighted by Crippen LogP contribution is 2.03. The molecule has 0 bridgehead atoms. The Labute approximate surface area is 119 Å². The molecule has 0 spiro atoms. The summed E-state index contributed by atoms with van der Waals surface area (Å²) in [5.74, 6) is 0.704. The minimum absolute atomic E-state index is 0.417. The van der Waals surface area contributed by atoms with Gasteiger partial charge in [-0.15, -0.1) is 0 Å². The van der Waals surface area contributed by atoms with Gasteiger partial charge >= 0.3 is 0 Å². The third kappa shape index (κ3) is 4.71. The predicted molar refractivity (Wildman–Crippen MR) is 78.4 cm³/mol. The maximum absolute atomic E-state index is 8.75. The quantitative estimate of drug-likeness (QED) is 0.783. The smallest absolute Gasteiger partial charge is 0.142 e. The number of benzene rings is 1. The Hall–Kier alpha value is -2.38. The van der Waals surface area contributed by atoms with Crippen LogP contribution in [0.25, 0.3) is 0 Å². The van der Waals surface area contributed by atoms with Gasteiger partial charge in [0.15, 0.2) is 0 Å². The number of anilines is 1. The van der Waals surface area contributed by atoms with E-state index in [0.29, 0.717) is 31.3 Å². The molecule has 1 heterocycles. The minimum atomic E-state index is 0.417. The molecular weight excluding hydrogens is 250 g/mol. The molecule has 0 aliphatic rings. The van der Waals surface area contributed by atoms with E-state index in [9.17, 15) is 0 Å². The fourth-order valence-corrected chi connectivity index (χ4v) is 1.78. The van der Waals surface area contributed by atoms with E-state index in [0.717, 1.165) is 6.42 Å². The van der Waals surface area contributed by atoms with Gasteiger partial charge in [-0.1, -0.05) is 36.4 Å². The van der Waals surface area contributed by atoms with E-state index < -0.39 is 0 Å². The summed E-state index contributed by atoms with van der Waals surface area (Å²) in [5, 5.41) is 11.9. The summed E-state index contributed by atoms with van der Waals surface area (Å²) in [6.45, 7) is 2.00. The fraction of sp³-hybridized carbons (Fsp3) is 0.250. The van der Waals surface area contributed by atoms with Crippen LogP contribution >= 0.6 is 0 Å². The number of pyridine rings is 1. The zero-order chi connectivity index (χ0) is 14.0. The molecule has 0 fully saturated rings. The summed E-state index contributed by atoms with van der Waals surface area (Å²) in [7, 11) is 0. The highest BCUT2D eigenvalue weighted by atomic mass is 16.5. The monoisotopic (exact) mass is 267 g/mol. The van der Waals surface area contributed by atoms with Crippen molar-refractivity contribution in [1.29, 1.82) is 5.26 Å². The van der Waals surface area contributed by atoms with Gasteiger partial charge in [-0.3, -0.25) is 0 Å². The molecule has 0 saturated heterocycles. The molecule has 20 heavy (non-hydrogen) atoms. The van der Waals surface area contributed by atoms with Crippen molar-refractivity contribution in [3.05, 3.63) is 59.8 Å². The van der Waals surface area contributed by atoms with Crippen LogP contribution in [0.2, 0.25) is 0 Å². The molecule has 0 aliphatic carbocycles. The molecule has 1 aromatic carbocycles. The number of nitrogens with zero attached hydrogens (tertiary/aromatic N) is 2. The summed E-state index contributed by atoms with van der Waals surface area (Å²) in [6.07, 6.45) is 0.920. The lowest BCUT2D eigenvalue weighted by atomic mass is 10.2. The van der Waals surface area contributed by atoms with Crippen LogP contribution in [0.4, 0.5) is 5.82 Å². The standard InChI is InChI=1S/C16H17N3O/c17-13-15-7-4-8-16(19-15)18-10-12-20-11-9-14-5-2-1-3-6-14/h1-8H,9-12H2,(H,18,19). The zero-order valence-corrected chi connectivity index (χ0v) is 11.2. The largest absolute Gasteiger partial charge is 0.379 e. The van der Waals surface area contributed by atoms with Gasteiger partial charge in [0, 0.05) is 6.54 Å². The first kappa shape index (κ1) is 14.0. The van der Waals surface area contributed by atoms with Crippen LogP contribution in [-0.4, -0.2) is 24.7 Å². The fourth-order valence-electron chi connectivity index (χ4n) is 1.78. The van der Waals surface area contributed by atoms with Crippen molar-refractivity contribution in [2.24, 2.45) is 0 Å². The highest BCUT2D eigenvalue weighted by Gasteiger charge is 1.96. The molecule has 2 rings (SSSR count). The zero-order valence-electron chi connectivity index (χ0n) is 11.2. The number of nitriles is 1. The SMILES string of the molecule is N#Cc1cccc(NCCOCCc2ccccc2)n1. The molecule has 0 saturated carbocycles. The second-order valence-corrected chi connectivity index (χ2v) is 4.29. The van der Waals surface area contributed by atoms with Crippen LogP contribution < -0.4 is 5.32 Å². The van der Waals surface area contributed by atoms with Crippen LogP contribution in [-0.2, 0) is 11.2 Å². The van der Waals surface area contributed by atoms with Crippen LogP contribution in [0.15, 0.2) is 48.5 Å². The average molecular weight is 267 g/mol. The van der Waals surface area contributed by atoms with E-state index >= 15 is 0 Å². The van der Waals surface area contributed by atoms with Crippen molar-refractivity contribution in [1.82, 2.24) is 4.98 Å². The minimum Gasteiger partial charge on any atom is -0.379 e. The number of aromatic nitrogens is 1. The van der Waals surface area contributed by atoms with Gasteiger partial charge in [-0.05, 0) is 24.1 Å². The summed E-state index contributed by atoms with van der Waals surface area (Å²) in [5.41, 5.74) is 1.70. The van der Waals surface area contributed by atoms with Gasteiger partial charge < -0.3 is 10.1 Å². The Morgan fingerprint density at radius 1 is 1.05 bits per heavy atom. The Bertz CT molecular complexity index is 563. The second-order valence-electron chi connectivity index (χ2n) is 4.29. The lowest BCUT2D eigenvalue weighted by Crippen LogP contribution is -2.11. The van der Waals surface area contributed by atoms with Crippen molar-refractivity contribution >= 4 is 5.82 Å². The van der Waals surface area contributed by atoms with Gasteiger partial charge in [0.1, 0.15) is 17.6 Å². The molecule has 0 amide bonds.